The molecule has 0 N–H and O–H groups in total. The van der Waals surface area contributed by atoms with E-state index in [1.165, 1.54) is 0 Å². The Hall–Kier alpha value is -3.54. The van der Waals surface area contributed by atoms with Crippen molar-refractivity contribution in [2.75, 3.05) is 0 Å². The molecule has 5 rings (SSSR count). The van der Waals surface area contributed by atoms with Gasteiger partial charge in [-0.15, -0.1) is 0 Å². The highest BCUT2D eigenvalue weighted by Gasteiger charge is 2.38. The summed E-state index contributed by atoms with van der Waals surface area (Å²) < 4.78 is 1.74. The summed E-state index contributed by atoms with van der Waals surface area (Å²) in [5.41, 5.74) is 3.15. The molecule has 33 heavy (non-hydrogen) atoms. The molecule has 1 fully saturated rings. The Kier molecular flexibility index (Phi) is 5.90. The summed E-state index contributed by atoms with van der Waals surface area (Å²) in [5, 5.41) is 0. The fourth-order valence-corrected chi connectivity index (χ4v) is 4.89. The molecule has 168 valence electrons. The third-order valence-electron chi connectivity index (χ3n) is 6.63. The summed E-state index contributed by atoms with van der Waals surface area (Å²) in [6, 6.07) is 19.7. The lowest BCUT2D eigenvalue weighted by atomic mass is 9.88. The molecular weight excluding hydrogens is 412 g/mol. The van der Waals surface area contributed by atoms with Gasteiger partial charge in [-0.05, 0) is 36.3 Å². The maximum absolute atomic E-state index is 13.6. The fraction of sp³-hybridized carbons (Fsp3) is 0.333. The standard InChI is InChI=1S/C27H28N4O2/c1-19-14-15-23(32)30(17-20-9-4-2-5-10-20)25(19)26-29-22-13-8-16-28-24(22)27(33)31(26)18-21-11-6-3-7-12-21/h2-7,9-12,16,19,25H,8,13-15,17-18H2,1H3. The number of aryl methyl sites for hydroxylation is 1. The average molecular weight is 441 g/mol. The number of benzene rings is 2. The molecule has 2 atom stereocenters. The number of carbonyl (C=O) groups excluding carboxylic acids is 1. The second-order valence-corrected chi connectivity index (χ2v) is 8.96. The molecule has 3 aromatic rings. The zero-order valence-electron chi connectivity index (χ0n) is 18.9. The van der Waals surface area contributed by atoms with Crippen LogP contribution in [0.5, 0.6) is 0 Å². The fourth-order valence-electron chi connectivity index (χ4n) is 4.89. The minimum Gasteiger partial charge on any atom is -0.328 e. The maximum Gasteiger partial charge on any atom is 0.280 e. The minimum absolute atomic E-state index is 0.109. The van der Waals surface area contributed by atoms with Gasteiger partial charge in [-0.25, -0.2) is 4.98 Å². The zero-order chi connectivity index (χ0) is 22.8. The first-order valence-electron chi connectivity index (χ1n) is 11.7. The molecule has 3 heterocycles. The van der Waals surface area contributed by atoms with Crippen LogP contribution < -0.4 is 5.56 Å². The molecule has 1 saturated heterocycles. The van der Waals surface area contributed by atoms with Gasteiger partial charge in [0.1, 0.15) is 11.5 Å². The van der Waals surface area contributed by atoms with Gasteiger partial charge in [-0.3, -0.25) is 19.1 Å². The topological polar surface area (TPSA) is 67.6 Å². The average Bonchev–Trinajstić information content (AvgIpc) is 2.85. The van der Waals surface area contributed by atoms with Crippen molar-refractivity contribution in [3.63, 3.8) is 0 Å². The molecule has 2 aliphatic rings. The van der Waals surface area contributed by atoms with E-state index in [1.807, 2.05) is 65.6 Å². The molecule has 0 radical (unpaired) electrons. The van der Waals surface area contributed by atoms with Gasteiger partial charge in [0, 0.05) is 19.2 Å². The molecule has 1 amide bonds. The van der Waals surface area contributed by atoms with Gasteiger partial charge in [0.2, 0.25) is 5.91 Å². The molecule has 0 spiro atoms. The monoisotopic (exact) mass is 440 g/mol. The molecule has 6 nitrogen and oxygen atoms in total. The predicted molar refractivity (Wildman–Crippen MR) is 129 cm³/mol. The van der Waals surface area contributed by atoms with Crippen LogP contribution in [0.4, 0.5) is 5.69 Å². The second-order valence-electron chi connectivity index (χ2n) is 8.96. The quantitative estimate of drug-likeness (QED) is 0.589. The molecule has 0 bridgehead atoms. The van der Waals surface area contributed by atoms with Crippen LogP contribution in [0.3, 0.4) is 0 Å². The van der Waals surface area contributed by atoms with E-state index in [4.69, 9.17) is 4.98 Å². The number of hydrogen-bond donors (Lipinski definition) is 0. The van der Waals surface area contributed by atoms with Gasteiger partial charge in [0.05, 0.1) is 18.3 Å². The van der Waals surface area contributed by atoms with Gasteiger partial charge < -0.3 is 4.90 Å². The number of aromatic nitrogens is 2. The van der Waals surface area contributed by atoms with Gasteiger partial charge in [0.15, 0.2) is 0 Å². The number of amides is 1. The van der Waals surface area contributed by atoms with Crippen LogP contribution in [-0.2, 0) is 24.3 Å². The number of rotatable bonds is 5. The SMILES string of the molecule is CC1CCC(=O)N(Cc2ccccc2)C1c1nc2c(c(=O)n1Cc1ccccc1)N=CCC2. The molecule has 2 unspecified atom stereocenters. The largest absolute Gasteiger partial charge is 0.328 e. The van der Waals surface area contributed by atoms with Crippen molar-refractivity contribution in [1.82, 2.24) is 14.5 Å². The molecule has 6 heteroatoms. The van der Waals surface area contributed by atoms with Gasteiger partial charge in [0.25, 0.3) is 5.56 Å². The highest BCUT2D eigenvalue weighted by Crippen LogP contribution is 2.37. The Balaban J connectivity index is 1.65. The summed E-state index contributed by atoms with van der Waals surface area (Å²) in [5.74, 6) is 0.972. The van der Waals surface area contributed by atoms with Crippen molar-refractivity contribution in [1.29, 1.82) is 0 Å². The van der Waals surface area contributed by atoms with Crippen molar-refractivity contribution >= 4 is 17.8 Å². The lowest BCUT2D eigenvalue weighted by Gasteiger charge is -2.40. The molecule has 0 saturated carbocycles. The number of piperidine rings is 1. The van der Waals surface area contributed by atoms with E-state index in [1.54, 1.807) is 10.8 Å². The van der Waals surface area contributed by atoms with Crippen molar-refractivity contribution < 1.29 is 4.79 Å². The van der Waals surface area contributed by atoms with E-state index >= 15 is 0 Å². The van der Waals surface area contributed by atoms with Gasteiger partial charge >= 0.3 is 0 Å². The first-order chi connectivity index (χ1) is 16.1. The van der Waals surface area contributed by atoms with Crippen molar-refractivity contribution in [2.24, 2.45) is 10.9 Å². The first kappa shape index (κ1) is 21.3. The third kappa shape index (κ3) is 4.25. The van der Waals surface area contributed by atoms with Crippen molar-refractivity contribution in [2.45, 2.75) is 51.7 Å². The highest BCUT2D eigenvalue weighted by atomic mass is 16.2. The van der Waals surface area contributed by atoms with Crippen LogP contribution in [-0.4, -0.2) is 26.6 Å². The van der Waals surface area contributed by atoms with Crippen molar-refractivity contribution in [3.05, 3.63) is 93.7 Å². The summed E-state index contributed by atoms with van der Waals surface area (Å²) in [4.78, 5) is 38.1. The molecule has 1 aromatic heterocycles. The summed E-state index contributed by atoms with van der Waals surface area (Å²) in [7, 11) is 0. The number of nitrogens with zero attached hydrogens (tertiary/aromatic N) is 4. The molecule has 2 aromatic carbocycles. The van der Waals surface area contributed by atoms with E-state index in [-0.39, 0.29) is 23.4 Å². The van der Waals surface area contributed by atoms with Crippen LogP contribution >= 0.6 is 0 Å². The highest BCUT2D eigenvalue weighted by molar-refractivity contribution is 5.77. The minimum atomic E-state index is -0.265. The Morgan fingerprint density at radius 2 is 1.58 bits per heavy atom. The molecule has 2 aliphatic heterocycles. The lowest BCUT2D eigenvalue weighted by Crippen LogP contribution is -2.45. The van der Waals surface area contributed by atoms with E-state index in [0.717, 1.165) is 29.7 Å². The smallest absolute Gasteiger partial charge is 0.280 e. The van der Waals surface area contributed by atoms with E-state index in [2.05, 4.69) is 11.9 Å². The second kappa shape index (κ2) is 9.14. The Bertz CT molecular complexity index is 1230. The normalized spacial score (nSPS) is 20.0. The Morgan fingerprint density at radius 1 is 0.909 bits per heavy atom. The Morgan fingerprint density at radius 3 is 2.27 bits per heavy atom. The van der Waals surface area contributed by atoms with Gasteiger partial charge in [-0.1, -0.05) is 67.6 Å². The van der Waals surface area contributed by atoms with Crippen LogP contribution in [0.2, 0.25) is 0 Å². The third-order valence-corrected chi connectivity index (χ3v) is 6.63. The molecule has 0 aliphatic carbocycles. The van der Waals surface area contributed by atoms with E-state index in [9.17, 15) is 9.59 Å². The number of aliphatic imine (C=N–C) groups is 1. The van der Waals surface area contributed by atoms with Crippen LogP contribution in [0.15, 0.2) is 70.5 Å². The number of carbonyl (C=O) groups is 1. The molecular formula is C27H28N4O2. The maximum atomic E-state index is 13.6. The van der Waals surface area contributed by atoms with Crippen LogP contribution in [0.25, 0.3) is 0 Å². The number of fused-ring (bicyclic) bond motifs is 1. The summed E-state index contributed by atoms with van der Waals surface area (Å²) in [6.45, 7) is 3.07. The van der Waals surface area contributed by atoms with Crippen LogP contribution in [0.1, 0.15) is 54.9 Å². The zero-order valence-corrected chi connectivity index (χ0v) is 18.9. The summed E-state index contributed by atoms with van der Waals surface area (Å²) >= 11 is 0. The van der Waals surface area contributed by atoms with Gasteiger partial charge in [-0.2, -0.15) is 0 Å². The Labute approximate surface area is 193 Å². The summed E-state index contributed by atoms with van der Waals surface area (Å²) in [6.07, 6.45) is 4.57. The first-order valence-corrected chi connectivity index (χ1v) is 11.7. The van der Waals surface area contributed by atoms with E-state index < -0.39 is 0 Å². The lowest BCUT2D eigenvalue weighted by molar-refractivity contribution is -0.140. The van der Waals surface area contributed by atoms with Crippen LogP contribution in [0, 0.1) is 5.92 Å². The number of hydrogen-bond acceptors (Lipinski definition) is 4. The number of likely N-dealkylation sites (tertiary alicyclic amines) is 1. The van der Waals surface area contributed by atoms with Crippen molar-refractivity contribution in [3.8, 4) is 0 Å². The predicted octanol–water partition coefficient (Wildman–Crippen LogP) is 4.44. The van der Waals surface area contributed by atoms with E-state index in [0.29, 0.717) is 37.4 Å².